The molecule has 0 bridgehead atoms. The van der Waals surface area contributed by atoms with Crippen molar-refractivity contribution in [2.75, 3.05) is 5.32 Å². The number of halogens is 2. The first-order valence-corrected chi connectivity index (χ1v) is 7.28. The zero-order chi connectivity index (χ0) is 13.4. The molecule has 96 valence electrons. The molecule has 5 heteroatoms. The van der Waals surface area contributed by atoms with Crippen LogP contribution in [0.3, 0.4) is 0 Å². The lowest BCUT2D eigenvalue weighted by atomic mass is 10.2. The van der Waals surface area contributed by atoms with E-state index >= 15 is 0 Å². The second-order valence-corrected chi connectivity index (χ2v) is 6.13. The third-order valence-electron chi connectivity index (χ3n) is 2.73. The van der Waals surface area contributed by atoms with Gasteiger partial charge in [-0.05, 0) is 36.8 Å². The molecule has 2 nitrogen and oxygen atoms in total. The number of benzene rings is 2. The molecule has 3 rings (SSSR count). The number of aryl methyl sites for hydroxylation is 1. The minimum atomic E-state index is 0.604. The van der Waals surface area contributed by atoms with Crippen LogP contribution in [-0.4, -0.2) is 4.98 Å². The molecule has 0 spiro atoms. The number of fused-ring (bicyclic) bond motifs is 1. The molecule has 1 N–H and O–H groups in total. The first kappa shape index (κ1) is 12.7. The van der Waals surface area contributed by atoms with E-state index in [1.807, 2.05) is 18.2 Å². The summed E-state index contributed by atoms with van der Waals surface area (Å²) in [6, 6.07) is 11.5. The smallest absolute Gasteiger partial charge is 0.188 e. The molecule has 1 heterocycles. The van der Waals surface area contributed by atoms with Crippen molar-refractivity contribution in [2.45, 2.75) is 6.92 Å². The van der Waals surface area contributed by atoms with Gasteiger partial charge in [0, 0.05) is 15.7 Å². The Kier molecular flexibility index (Phi) is 3.35. The maximum atomic E-state index is 5.98. The molecule has 0 fully saturated rings. The molecule has 0 radical (unpaired) electrons. The van der Waals surface area contributed by atoms with Gasteiger partial charge in [0.15, 0.2) is 5.13 Å². The predicted octanol–water partition coefficient (Wildman–Crippen LogP) is 5.66. The zero-order valence-electron chi connectivity index (χ0n) is 10.1. The Morgan fingerprint density at radius 2 is 1.84 bits per heavy atom. The average molecular weight is 309 g/mol. The van der Waals surface area contributed by atoms with E-state index in [1.54, 1.807) is 17.4 Å². The van der Waals surface area contributed by atoms with Crippen LogP contribution in [0.4, 0.5) is 10.8 Å². The average Bonchev–Trinajstić information content (AvgIpc) is 2.71. The molecule has 3 aromatic rings. The molecular formula is C14H10Cl2N2S. The molecule has 2 aromatic carbocycles. The summed E-state index contributed by atoms with van der Waals surface area (Å²) in [6.07, 6.45) is 0. The van der Waals surface area contributed by atoms with Crippen molar-refractivity contribution in [1.82, 2.24) is 4.98 Å². The first-order valence-electron chi connectivity index (χ1n) is 5.71. The number of nitrogens with one attached hydrogen (secondary N) is 1. The van der Waals surface area contributed by atoms with Gasteiger partial charge in [0.25, 0.3) is 0 Å². The molecule has 0 aliphatic carbocycles. The van der Waals surface area contributed by atoms with Gasteiger partial charge in [-0.1, -0.05) is 46.7 Å². The lowest BCUT2D eigenvalue weighted by Gasteiger charge is -2.03. The molecule has 0 saturated carbocycles. The molecule has 0 aliphatic rings. The third kappa shape index (κ3) is 2.68. The van der Waals surface area contributed by atoms with Crippen LogP contribution < -0.4 is 5.32 Å². The van der Waals surface area contributed by atoms with E-state index in [9.17, 15) is 0 Å². The molecule has 0 saturated heterocycles. The van der Waals surface area contributed by atoms with Crippen LogP contribution >= 0.6 is 34.5 Å². The van der Waals surface area contributed by atoms with Gasteiger partial charge >= 0.3 is 0 Å². The number of para-hydroxylation sites is 1. The topological polar surface area (TPSA) is 24.9 Å². The number of hydrogen-bond acceptors (Lipinski definition) is 3. The van der Waals surface area contributed by atoms with Crippen molar-refractivity contribution in [1.29, 1.82) is 0 Å². The third-order valence-corrected chi connectivity index (χ3v) is 4.11. The van der Waals surface area contributed by atoms with Crippen molar-refractivity contribution < 1.29 is 0 Å². The molecule has 0 unspecified atom stereocenters. The lowest BCUT2D eigenvalue weighted by molar-refractivity contribution is 1.40. The Labute approximate surface area is 125 Å². The van der Waals surface area contributed by atoms with Crippen LogP contribution in [0, 0.1) is 6.92 Å². The fourth-order valence-electron chi connectivity index (χ4n) is 1.89. The SMILES string of the molecule is Cc1cccc2sc(Nc3cc(Cl)cc(Cl)c3)nc12. The van der Waals surface area contributed by atoms with Crippen LogP contribution in [-0.2, 0) is 0 Å². The molecule has 0 amide bonds. The van der Waals surface area contributed by atoms with Gasteiger partial charge in [-0.25, -0.2) is 4.98 Å². The standard InChI is InChI=1S/C14H10Cl2N2S/c1-8-3-2-4-12-13(8)18-14(19-12)17-11-6-9(15)5-10(16)7-11/h2-7H,1H3,(H,17,18). The molecule has 0 atom stereocenters. The Balaban J connectivity index is 1.99. The molecule has 19 heavy (non-hydrogen) atoms. The van der Waals surface area contributed by atoms with E-state index in [4.69, 9.17) is 23.2 Å². The van der Waals surface area contributed by atoms with Crippen LogP contribution in [0.1, 0.15) is 5.56 Å². The summed E-state index contributed by atoms with van der Waals surface area (Å²) in [7, 11) is 0. The quantitative estimate of drug-likeness (QED) is 0.661. The van der Waals surface area contributed by atoms with Crippen molar-refractivity contribution in [3.63, 3.8) is 0 Å². The second-order valence-electron chi connectivity index (χ2n) is 4.22. The van der Waals surface area contributed by atoms with E-state index in [2.05, 4.69) is 29.4 Å². The van der Waals surface area contributed by atoms with Gasteiger partial charge in [0.2, 0.25) is 0 Å². The summed E-state index contributed by atoms with van der Waals surface area (Å²) < 4.78 is 1.16. The minimum absolute atomic E-state index is 0.604. The number of nitrogens with zero attached hydrogens (tertiary/aromatic N) is 1. The first-order chi connectivity index (χ1) is 9.11. The van der Waals surface area contributed by atoms with E-state index in [-0.39, 0.29) is 0 Å². The maximum Gasteiger partial charge on any atom is 0.188 e. The summed E-state index contributed by atoms with van der Waals surface area (Å²) in [5, 5.41) is 5.28. The largest absolute Gasteiger partial charge is 0.331 e. The van der Waals surface area contributed by atoms with Gasteiger partial charge in [-0.15, -0.1) is 0 Å². The highest BCUT2D eigenvalue weighted by molar-refractivity contribution is 7.22. The number of hydrogen-bond donors (Lipinski definition) is 1. The van der Waals surface area contributed by atoms with Gasteiger partial charge in [-0.2, -0.15) is 0 Å². The van der Waals surface area contributed by atoms with Crippen molar-refractivity contribution in [3.8, 4) is 0 Å². The summed E-state index contributed by atoms with van der Waals surface area (Å²) in [5.41, 5.74) is 3.04. The minimum Gasteiger partial charge on any atom is -0.331 e. The zero-order valence-corrected chi connectivity index (χ0v) is 12.4. The number of aromatic nitrogens is 1. The van der Waals surface area contributed by atoms with E-state index in [0.29, 0.717) is 10.0 Å². The second kappa shape index (κ2) is 5.00. The Morgan fingerprint density at radius 1 is 1.11 bits per heavy atom. The van der Waals surface area contributed by atoms with Crippen LogP contribution in [0.2, 0.25) is 10.0 Å². The lowest BCUT2D eigenvalue weighted by Crippen LogP contribution is -1.89. The van der Waals surface area contributed by atoms with Crippen molar-refractivity contribution >= 4 is 55.6 Å². The normalized spacial score (nSPS) is 10.9. The van der Waals surface area contributed by atoms with Gasteiger partial charge in [-0.3, -0.25) is 0 Å². The highest BCUT2D eigenvalue weighted by Crippen LogP contribution is 2.31. The monoisotopic (exact) mass is 308 g/mol. The van der Waals surface area contributed by atoms with E-state index in [0.717, 1.165) is 21.0 Å². The van der Waals surface area contributed by atoms with E-state index in [1.165, 1.54) is 5.56 Å². The van der Waals surface area contributed by atoms with Gasteiger partial charge in [0.05, 0.1) is 10.2 Å². The molecule has 1 aromatic heterocycles. The number of rotatable bonds is 2. The highest BCUT2D eigenvalue weighted by Gasteiger charge is 2.06. The van der Waals surface area contributed by atoms with Crippen molar-refractivity contribution in [3.05, 3.63) is 52.0 Å². The number of anilines is 2. The van der Waals surface area contributed by atoms with Crippen molar-refractivity contribution in [2.24, 2.45) is 0 Å². The van der Waals surface area contributed by atoms with Crippen LogP contribution in [0.5, 0.6) is 0 Å². The fourth-order valence-corrected chi connectivity index (χ4v) is 3.38. The molecular weight excluding hydrogens is 299 g/mol. The molecule has 0 aliphatic heterocycles. The summed E-state index contributed by atoms with van der Waals surface area (Å²) in [6.45, 7) is 2.06. The highest BCUT2D eigenvalue weighted by atomic mass is 35.5. The summed E-state index contributed by atoms with van der Waals surface area (Å²) >= 11 is 13.6. The van der Waals surface area contributed by atoms with Crippen LogP contribution in [0.25, 0.3) is 10.2 Å². The Bertz CT molecular complexity index is 732. The Hall–Kier alpha value is -1.29. The van der Waals surface area contributed by atoms with Gasteiger partial charge in [0.1, 0.15) is 0 Å². The summed E-state index contributed by atoms with van der Waals surface area (Å²) in [5.74, 6) is 0. The number of thiazole rings is 1. The van der Waals surface area contributed by atoms with Crippen LogP contribution in [0.15, 0.2) is 36.4 Å². The Morgan fingerprint density at radius 3 is 2.53 bits per heavy atom. The van der Waals surface area contributed by atoms with E-state index < -0.39 is 0 Å². The maximum absolute atomic E-state index is 5.98. The van der Waals surface area contributed by atoms with Gasteiger partial charge < -0.3 is 5.32 Å². The fraction of sp³-hybridized carbons (Fsp3) is 0.0714. The predicted molar refractivity (Wildman–Crippen MR) is 84.1 cm³/mol. The summed E-state index contributed by atoms with van der Waals surface area (Å²) in [4.78, 5) is 4.59.